The first-order valence-electron chi connectivity index (χ1n) is 7.21. The highest BCUT2D eigenvalue weighted by atomic mass is 16.5. The number of rotatable bonds is 4. The van der Waals surface area contributed by atoms with Crippen LogP contribution in [0.25, 0.3) is 0 Å². The van der Waals surface area contributed by atoms with Crippen molar-refractivity contribution in [3.63, 3.8) is 0 Å². The molecule has 1 aliphatic rings. The fourth-order valence-corrected chi connectivity index (χ4v) is 2.55. The maximum atomic E-state index is 9.15. The lowest BCUT2D eigenvalue weighted by molar-refractivity contribution is 0.0650. The smallest absolute Gasteiger partial charge is 0.256 e. The lowest BCUT2D eigenvalue weighted by Crippen LogP contribution is -2.19. The predicted molar refractivity (Wildman–Crippen MR) is 78.0 cm³/mol. The highest BCUT2D eigenvalue weighted by Crippen LogP contribution is 2.33. The number of hydrogen-bond acceptors (Lipinski definition) is 7. The highest BCUT2D eigenvalue weighted by Gasteiger charge is 2.33. The number of nitriles is 1. The fourth-order valence-electron chi connectivity index (χ4n) is 2.55. The molecule has 0 bridgehead atoms. The van der Waals surface area contributed by atoms with Crippen molar-refractivity contribution >= 4 is 5.82 Å². The number of hydrogen-bond donors (Lipinski definition) is 1. The Kier molecular flexibility index (Phi) is 4.02. The molecule has 22 heavy (non-hydrogen) atoms. The summed E-state index contributed by atoms with van der Waals surface area (Å²) in [5.41, 5.74) is 1.41. The van der Waals surface area contributed by atoms with E-state index in [2.05, 4.69) is 26.5 Å². The molecule has 0 aliphatic carbocycles. The van der Waals surface area contributed by atoms with E-state index in [1.54, 1.807) is 13.0 Å². The first-order valence-corrected chi connectivity index (χ1v) is 7.21. The second kappa shape index (κ2) is 6.12. The minimum absolute atomic E-state index is 0.203. The quantitative estimate of drug-likeness (QED) is 0.923. The van der Waals surface area contributed by atoms with E-state index < -0.39 is 0 Å². The number of nitrogens with one attached hydrogen (secondary N) is 1. The van der Waals surface area contributed by atoms with Gasteiger partial charge in [0.05, 0.1) is 5.56 Å². The van der Waals surface area contributed by atoms with Crippen LogP contribution in [0.15, 0.2) is 16.7 Å². The van der Waals surface area contributed by atoms with Gasteiger partial charge in [-0.05, 0) is 32.4 Å². The van der Waals surface area contributed by atoms with Crippen LogP contribution in [0.1, 0.15) is 35.5 Å². The van der Waals surface area contributed by atoms with Gasteiger partial charge in [0.25, 0.3) is 5.89 Å². The molecule has 1 aliphatic heterocycles. The molecule has 2 atom stereocenters. The molecule has 1 N–H and O–H groups in total. The molecule has 0 saturated carbocycles. The number of aromatic nitrogens is 3. The van der Waals surface area contributed by atoms with Crippen LogP contribution in [0.2, 0.25) is 0 Å². The third-order valence-corrected chi connectivity index (χ3v) is 3.69. The lowest BCUT2D eigenvalue weighted by Gasteiger charge is -2.16. The van der Waals surface area contributed by atoms with E-state index in [-0.39, 0.29) is 12.0 Å². The van der Waals surface area contributed by atoms with Gasteiger partial charge in [-0.25, -0.2) is 4.98 Å². The zero-order chi connectivity index (χ0) is 15.5. The second-order valence-corrected chi connectivity index (χ2v) is 5.36. The summed E-state index contributed by atoms with van der Waals surface area (Å²) in [6, 6.07) is 5.75. The third kappa shape index (κ3) is 2.92. The molecule has 1 fully saturated rings. The summed E-state index contributed by atoms with van der Waals surface area (Å²) in [7, 11) is 0. The monoisotopic (exact) mass is 299 g/mol. The summed E-state index contributed by atoms with van der Waals surface area (Å²) >= 11 is 0. The molecular weight excluding hydrogens is 282 g/mol. The van der Waals surface area contributed by atoms with Crippen LogP contribution in [0, 0.1) is 31.1 Å². The average molecular weight is 299 g/mol. The molecule has 0 spiro atoms. The van der Waals surface area contributed by atoms with Crippen molar-refractivity contribution in [3.8, 4) is 6.07 Å². The molecule has 7 nitrogen and oxygen atoms in total. The molecular formula is C15H17N5O2. The Hall–Kier alpha value is -2.46. The van der Waals surface area contributed by atoms with Gasteiger partial charge in [-0.3, -0.25) is 0 Å². The molecule has 2 aromatic heterocycles. The van der Waals surface area contributed by atoms with Gasteiger partial charge in [-0.15, -0.1) is 0 Å². The molecule has 114 valence electrons. The van der Waals surface area contributed by atoms with Gasteiger partial charge < -0.3 is 14.6 Å². The van der Waals surface area contributed by atoms with Crippen molar-refractivity contribution in [3.05, 3.63) is 35.1 Å². The number of pyridine rings is 1. The number of ether oxygens (including phenoxy) is 1. The van der Waals surface area contributed by atoms with Gasteiger partial charge in [0.1, 0.15) is 18.0 Å². The summed E-state index contributed by atoms with van der Waals surface area (Å²) in [6.07, 6.45) is 0.691. The summed E-state index contributed by atoms with van der Waals surface area (Å²) in [5, 5.41) is 16.2. The van der Waals surface area contributed by atoms with E-state index in [1.165, 1.54) is 0 Å². The zero-order valence-electron chi connectivity index (χ0n) is 12.5. The fraction of sp³-hybridized carbons (Fsp3) is 0.467. The average Bonchev–Trinajstić information content (AvgIpc) is 3.13. The van der Waals surface area contributed by atoms with Crippen molar-refractivity contribution in [2.45, 2.75) is 26.4 Å². The predicted octanol–water partition coefficient (Wildman–Crippen LogP) is 2.14. The van der Waals surface area contributed by atoms with Crippen molar-refractivity contribution in [1.82, 2.24) is 15.1 Å². The SMILES string of the molecule is Cc1ccc(C#N)c(NC[C@@H]2CCO[C@@H]2c2nc(C)no2)n1. The summed E-state index contributed by atoms with van der Waals surface area (Å²) in [5.74, 6) is 1.92. The Labute approximate surface area is 128 Å². The van der Waals surface area contributed by atoms with E-state index in [4.69, 9.17) is 14.5 Å². The standard InChI is InChI=1S/C15H17N5O2/c1-9-3-4-11(7-16)14(18-9)17-8-12-5-6-21-13(12)15-19-10(2)20-22-15/h3-4,12-13H,5-6,8H2,1-2H3,(H,17,18)/t12-,13-/m0/s1. The van der Waals surface area contributed by atoms with E-state index in [1.807, 2.05) is 13.0 Å². The van der Waals surface area contributed by atoms with Crippen molar-refractivity contribution in [2.75, 3.05) is 18.5 Å². The number of nitrogens with zero attached hydrogens (tertiary/aromatic N) is 4. The van der Waals surface area contributed by atoms with Crippen molar-refractivity contribution in [1.29, 1.82) is 5.26 Å². The lowest BCUT2D eigenvalue weighted by atomic mass is 10.0. The molecule has 0 unspecified atom stereocenters. The maximum absolute atomic E-state index is 9.15. The van der Waals surface area contributed by atoms with Crippen molar-refractivity contribution < 1.29 is 9.26 Å². The van der Waals surface area contributed by atoms with Gasteiger partial charge in [0.15, 0.2) is 5.82 Å². The van der Waals surface area contributed by atoms with E-state index in [0.29, 0.717) is 36.2 Å². The molecule has 2 aromatic rings. The maximum Gasteiger partial charge on any atom is 0.256 e. The molecule has 3 heterocycles. The Morgan fingerprint density at radius 3 is 2.95 bits per heavy atom. The molecule has 7 heteroatoms. The van der Waals surface area contributed by atoms with Crippen LogP contribution in [0.4, 0.5) is 5.82 Å². The summed E-state index contributed by atoms with van der Waals surface area (Å²) in [6.45, 7) is 4.97. The third-order valence-electron chi connectivity index (χ3n) is 3.69. The Morgan fingerprint density at radius 2 is 2.23 bits per heavy atom. The van der Waals surface area contributed by atoms with Gasteiger partial charge >= 0.3 is 0 Å². The van der Waals surface area contributed by atoms with Crippen LogP contribution in [-0.4, -0.2) is 28.3 Å². The van der Waals surface area contributed by atoms with Crippen molar-refractivity contribution in [2.24, 2.45) is 5.92 Å². The van der Waals surface area contributed by atoms with Crippen LogP contribution in [-0.2, 0) is 4.74 Å². The Bertz CT molecular complexity index is 706. The number of anilines is 1. The Balaban J connectivity index is 1.71. The normalized spacial score (nSPS) is 20.8. The van der Waals surface area contributed by atoms with Crippen LogP contribution in [0.5, 0.6) is 0 Å². The van der Waals surface area contributed by atoms with Gasteiger partial charge in [-0.2, -0.15) is 10.2 Å². The highest BCUT2D eigenvalue weighted by molar-refractivity contribution is 5.52. The molecule has 0 amide bonds. The van der Waals surface area contributed by atoms with Gasteiger partial charge in [0.2, 0.25) is 0 Å². The topological polar surface area (TPSA) is 96.9 Å². The first-order chi connectivity index (χ1) is 10.7. The van der Waals surface area contributed by atoms with E-state index >= 15 is 0 Å². The van der Waals surface area contributed by atoms with Crippen LogP contribution >= 0.6 is 0 Å². The van der Waals surface area contributed by atoms with E-state index in [9.17, 15) is 0 Å². The molecule has 1 saturated heterocycles. The minimum atomic E-state index is -0.205. The summed E-state index contributed by atoms with van der Waals surface area (Å²) < 4.78 is 10.9. The van der Waals surface area contributed by atoms with E-state index in [0.717, 1.165) is 12.1 Å². The largest absolute Gasteiger partial charge is 0.369 e. The van der Waals surface area contributed by atoms with Gasteiger partial charge in [-0.1, -0.05) is 5.16 Å². The summed E-state index contributed by atoms with van der Waals surface area (Å²) in [4.78, 5) is 8.63. The van der Waals surface area contributed by atoms with Crippen LogP contribution < -0.4 is 5.32 Å². The molecule has 0 radical (unpaired) electrons. The molecule has 0 aromatic carbocycles. The molecule has 3 rings (SSSR count). The minimum Gasteiger partial charge on any atom is -0.369 e. The van der Waals surface area contributed by atoms with Crippen LogP contribution in [0.3, 0.4) is 0 Å². The second-order valence-electron chi connectivity index (χ2n) is 5.36. The first kappa shape index (κ1) is 14.5. The number of aryl methyl sites for hydroxylation is 2. The zero-order valence-corrected chi connectivity index (χ0v) is 12.5. The Morgan fingerprint density at radius 1 is 1.36 bits per heavy atom. The van der Waals surface area contributed by atoms with Gasteiger partial charge in [0, 0.05) is 24.8 Å².